The van der Waals surface area contributed by atoms with Crippen LogP contribution < -0.4 is 0 Å². The van der Waals surface area contributed by atoms with Gasteiger partial charge < -0.3 is 9.47 Å². The van der Waals surface area contributed by atoms with Crippen molar-refractivity contribution in [1.82, 2.24) is 4.90 Å². The summed E-state index contributed by atoms with van der Waals surface area (Å²) in [4.78, 5) is 2.45. The minimum atomic E-state index is 0.0331. The second-order valence-electron chi connectivity index (χ2n) is 4.23. The average Bonchev–Trinajstić information content (AvgIpc) is 2.03. The van der Waals surface area contributed by atoms with Gasteiger partial charge in [0, 0.05) is 33.4 Å². The van der Waals surface area contributed by atoms with Gasteiger partial charge in [-0.05, 0) is 20.3 Å². The summed E-state index contributed by atoms with van der Waals surface area (Å²) >= 11 is 0. The minimum Gasteiger partial charge on any atom is -0.385 e. The molecule has 0 aliphatic carbocycles. The molecule has 0 bridgehead atoms. The Bertz CT molecular complexity index is 148. The molecule has 0 radical (unpaired) electrons. The first-order chi connectivity index (χ1) is 6.14. The van der Waals surface area contributed by atoms with E-state index in [-0.39, 0.29) is 5.60 Å². The minimum absolute atomic E-state index is 0.0331. The van der Waals surface area contributed by atoms with Crippen molar-refractivity contribution in [3.8, 4) is 0 Å². The molecule has 0 spiro atoms. The molecule has 0 atom stereocenters. The monoisotopic (exact) mass is 187 g/mol. The summed E-state index contributed by atoms with van der Waals surface area (Å²) in [6.45, 7) is 9.24. The number of hydrogen-bond acceptors (Lipinski definition) is 3. The van der Waals surface area contributed by atoms with Gasteiger partial charge in [0.25, 0.3) is 0 Å². The van der Waals surface area contributed by atoms with E-state index in [1.54, 1.807) is 7.11 Å². The standard InChI is InChI=1S/C10H21NO2/c1-10(2)9-11(6-8-13-10)5-4-7-12-3/h4-9H2,1-3H3. The van der Waals surface area contributed by atoms with Crippen molar-refractivity contribution in [1.29, 1.82) is 0 Å². The largest absolute Gasteiger partial charge is 0.385 e. The highest BCUT2D eigenvalue weighted by molar-refractivity contribution is 4.78. The van der Waals surface area contributed by atoms with Crippen LogP contribution in [0.15, 0.2) is 0 Å². The third-order valence-electron chi connectivity index (χ3n) is 2.33. The Hall–Kier alpha value is -0.120. The fraction of sp³-hybridized carbons (Fsp3) is 1.00. The van der Waals surface area contributed by atoms with Crippen molar-refractivity contribution in [3.63, 3.8) is 0 Å². The average molecular weight is 187 g/mol. The van der Waals surface area contributed by atoms with Crippen molar-refractivity contribution in [2.45, 2.75) is 25.9 Å². The second-order valence-corrected chi connectivity index (χ2v) is 4.23. The van der Waals surface area contributed by atoms with Crippen molar-refractivity contribution in [2.75, 3.05) is 40.0 Å². The zero-order valence-corrected chi connectivity index (χ0v) is 9.01. The molecule has 1 aliphatic heterocycles. The van der Waals surface area contributed by atoms with E-state index >= 15 is 0 Å². The van der Waals surface area contributed by atoms with Gasteiger partial charge in [0.15, 0.2) is 0 Å². The van der Waals surface area contributed by atoms with Crippen LogP contribution in [-0.4, -0.2) is 50.5 Å². The van der Waals surface area contributed by atoms with Crippen LogP contribution in [0.25, 0.3) is 0 Å². The van der Waals surface area contributed by atoms with Gasteiger partial charge in [-0.3, -0.25) is 4.90 Å². The number of rotatable bonds is 4. The summed E-state index contributed by atoms with van der Waals surface area (Å²) in [5, 5.41) is 0. The van der Waals surface area contributed by atoms with E-state index in [1.807, 2.05) is 0 Å². The van der Waals surface area contributed by atoms with E-state index < -0.39 is 0 Å². The van der Waals surface area contributed by atoms with Gasteiger partial charge >= 0.3 is 0 Å². The fourth-order valence-electron chi connectivity index (χ4n) is 1.74. The first kappa shape index (κ1) is 11.0. The molecule has 0 aromatic rings. The van der Waals surface area contributed by atoms with Crippen molar-refractivity contribution < 1.29 is 9.47 Å². The molecule has 0 aromatic heterocycles. The summed E-state index contributed by atoms with van der Waals surface area (Å²) in [6, 6.07) is 0. The topological polar surface area (TPSA) is 21.7 Å². The maximum absolute atomic E-state index is 5.63. The van der Waals surface area contributed by atoms with Crippen LogP contribution in [0.2, 0.25) is 0 Å². The van der Waals surface area contributed by atoms with Gasteiger partial charge in [-0.25, -0.2) is 0 Å². The van der Waals surface area contributed by atoms with Gasteiger partial charge in [-0.15, -0.1) is 0 Å². The van der Waals surface area contributed by atoms with E-state index in [4.69, 9.17) is 9.47 Å². The van der Waals surface area contributed by atoms with Crippen molar-refractivity contribution in [3.05, 3.63) is 0 Å². The lowest BCUT2D eigenvalue weighted by atomic mass is 10.1. The highest BCUT2D eigenvalue weighted by Gasteiger charge is 2.26. The Morgan fingerprint density at radius 1 is 1.46 bits per heavy atom. The molecular formula is C10H21NO2. The quantitative estimate of drug-likeness (QED) is 0.616. The Kier molecular flexibility index (Phi) is 4.16. The number of ether oxygens (including phenoxy) is 2. The highest BCUT2D eigenvalue weighted by Crippen LogP contribution is 2.16. The molecule has 3 heteroatoms. The summed E-state index contributed by atoms with van der Waals surface area (Å²) in [5.74, 6) is 0. The zero-order valence-electron chi connectivity index (χ0n) is 9.01. The second kappa shape index (κ2) is 4.94. The normalized spacial score (nSPS) is 23.3. The van der Waals surface area contributed by atoms with Gasteiger partial charge in [-0.1, -0.05) is 0 Å². The van der Waals surface area contributed by atoms with Crippen molar-refractivity contribution in [2.24, 2.45) is 0 Å². The Labute approximate surface area is 81.0 Å². The molecule has 3 nitrogen and oxygen atoms in total. The van der Waals surface area contributed by atoms with Gasteiger partial charge in [0.05, 0.1) is 12.2 Å². The lowest BCUT2D eigenvalue weighted by Gasteiger charge is -2.38. The maximum Gasteiger partial charge on any atom is 0.0753 e. The van der Waals surface area contributed by atoms with E-state index in [1.165, 1.54) is 0 Å². The predicted octanol–water partition coefficient (Wildman–Crippen LogP) is 1.13. The van der Waals surface area contributed by atoms with Crippen LogP contribution in [0.1, 0.15) is 20.3 Å². The first-order valence-electron chi connectivity index (χ1n) is 4.99. The van der Waals surface area contributed by atoms with Gasteiger partial charge in [-0.2, -0.15) is 0 Å². The molecule has 1 rings (SSSR count). The van der Waals surface area contributed by atoms with Crippen molar-refractivity contribution >= 4 is 0 Å². The fourth-order valence-corrected chi connectivity index (χ4v) is 1.74. The third kappa shape index (κ3) is 4.07. The van der Waals surface area contributed by atoms with Crippen LogP contribution >= 0.6 is 0 Å². The lowest BCUT2D eigenvalue weighted by molar-refractivity contribution is -0.0868. The van der Waals surface area contributed by atoms with Gasteiger partial charge in [0.2, 0.25) is 0 Å². The van der Waals surface area contributed by atoms with Crippen LogP contribution in [0, 0.1) is 0 Å². The zero-order chi connectivity index (χ0) is 9.73. The molecule has 0 amide bonds. The molecular weight excluding hydrogens is 166 g/mol. The Morgan fingerprint density at radius 3 is 2.85 bits per heavy atom. The maximum atomic E-state index is 5.63. The molecule has 1 saturated heterocycles. The predicted molar refractivity (Wildman–Crippen MR) is 53.0 cm³/mol. The number of hydrogen-bond donors (Lipinski definition) is 0. The van der Waals surface area contributed by atoms with Crippen LogP contribution in [0.4, 0.5) is 0 Å². The molecule has 1 aliphatic rings. The Morgan fingerprint density at radius 2 is 2.23 bits per heavy atom. The van der Waals surface area contributed by atoms with Crippen LogP contribution in [0.5, 0.6) is 0 Å². The SMILES string of the molecule is COCCCN1CCOC(C)(C)C1. The summed E-state index contributed by atoms with van der Waals surface area (Å²) in [5.41, 5.74) is 0.0331. The van der Waals surface area contributed by atoms with E-state index in [9.17, 15) is 0 Å². The van der Waals surface area contributed by atoms with Crippen LogP contribution in [0.3, 0.4) is 0 Å². The van der Waals surface area contributed by atoms with E-state index in [0.717, 1.165) is 39.3 Å². The molecule has 0 aromatic carbocycles. The third-order valence-corrected chi connectivity index (χ3v) is 2.33. The molecule has 1 heterocycles. The first-order valence-corrected chi connectivity index (χ1v) is 4.99. The summed E-state index contributed by atoms with van der Waals surface area (Å²) in [7, 11) is 1.75. The number of nitrogens with zero attached hydrogens (tertiary/aromatic N) is 1. The summed E-state index contributed by atoms with van der Waals surface area (Å²) in [6.07, 6.45) is 1.12. The molecule has 13 heavy (non-hydrogen) atoms. The van der Waals surface area contributed by atoms with Gasteiger partial charge in [0.1, 0.15) is 0 Å². The number of morpholine rings is 1. The van der Waals surface area contributed by atoms with E-state index in [0.29, 0.717) is 0 Å². The lowest BCUT2D eigenvalue weighted by Crippen LogP contribution is -2.48. The summed E-state index contributed by atoms with van der Waals surface area (Å²) < 4.78 is 10.7. The molecule has 0 saturated carbocycles. The Balaban J connectivity index is 2.19. The molecule has 78 valence electrons. The highest BCUT2D eigenvalue weighted by atomic mass is 16.5. The van der Waals surface area contributed by atoms with E-state index in [2.05, 4.69) is 18.7 Å². The molecule has 0 unspecified atom stereocenters. The molecule has 1 fully saturated rings. The molecule has 0 N–H and O–H groups in total. The van der Waals surface area contributed by atoms with Crippen LogP contribution in [-0.2, 0) is 9.47 Å². The number of methoxy groups -OCH3 is 1. The smallest absolute Gasteiger partial charge is 0.0753 e.